The monoisotopic (exact) mass is 346 g/mol. The minimum atomic E-state index is -1.71. The van der Waals surface area contributed by atoms with E-state index >= 15 is 0 Å². The van der Waals surface area contributed by atoms with E-state index in [2.05, 4.69) is 111 Å². The fourth-order valence-electron chi connectivity index (χ4n) is 3.59. The van der Waals surface area contributed by atoms with Crippen molar-refractivity contribution in [2.45, 2.75) is 26.2 Å². The van der Waals surface area contributed by atoms with Crippen LogP contribution in [0.3, 0.4) is 0 Å². The maximum Gasteiger partial charge on any atom is 0.112 e. The Morgan fingerprint density at radius 1 is 0.417 bits per heavy atom. The molecule has 0 fully saturated rings. The van der Waals surface area contributed by atoms with Gasteiger partial charge < -0.3 is 0 Å². The van der Waals surface area contributed by atoms with Crippen LogP contribution in [-0.4, -0.2) is 16.1 Å². The van der Waals surface area contributed by atoms with Gasteiger partial charge in [0.25, 0.3) is 0 Å². The summed E-state index contributed by atoms with van der Waals surface area (Å²) in [5.74, 6) is 0. The molecule has 0 aliphatic heterocycles. The molecular weight excluding hydrogens is 320 g/mol. The van der Waals surface area contributed by atoms with Crippen LogP contribution in [0.2, 0.25) is 26.2 Å². The Morgan fingerprint density at radius 3 is 1.04 bits per heavy atom. The molecule has 0 heterocycles. The smallest absolute Gasteiger partial charge is 0.0627 e. The molecule has 24 heavy (non-hydrogen) atoms. The normalized spacial score (nSPS) is 12.2. The summed E-state index contributed by atoms with van der Waals surface area (Å²) in [7, 11) is -3.42. The molecule has 0 spiro atoms. The van der Waals surface area contributed by atoms with Crippen molar-refractivity contribution in [3.63, 3.8) is 0 Å². The van der Waals surface area contributed by atoms with Gasteiger partial charge in [0.1, 0.15) is 16.1 Å². The zero-order valence-electron chi connectivity index (χ0n) is 15.1. The molecule has 0 unspecified atom stereocenters. The fraction of sp³-hybridized carbons (Fsp3) is 0.182. The van der Waals surface area contributed by atoms with Crippen LogP contribution in [0.4, 0.5) is 0 Å². The van der Waals surface area contributed by atoms with E-state index in [4.69, 9.17) is 0 Å². The standard InChI is InChI=1S/C22H26Si2/c1-23(2,19-13-7-5-8-14-19)21-17-11-12-18-22(21)24(3,4)20-15-9-6-10-16-20/h5-18H,1-4H3. The van der Waals surface area contributed by atoms with Gasteiger partial charge >= 0.3 is 0 Å². The number of hydrogen-bond acceptors (Lipinski definition) is 0. The number of rotatable bonds is 4. The van der Waals surface area contributed by atoms with E-state index in [1.807, 2.05) is 0 Å². The summed E-state index contributed by atoms with van der Waals surface area (Å²) in [6.45, 7) is 9.93. The Bertz CT molecular complexity index is 735. The SMILES string of the molecule is C[Si](C)(c1ccccc1)c1ccccc1[Si](C)(C)c1ccccc1. The van der Waals surface area contributed by atoms with Crippen molar-refractivity contribution >= 4 is 36.9 Å². The summed E-state index contributed by atoms with van der Waals surface area (Å²) >= 11 is 0. The second kappa shape index (κ2) is 6.54. The Morgan fingerprint density at radius 2 is 0.708 bits per heavy atom. The molecule has 122 valence electrons. The summed E-state index contributed by atoms with van der Waals surface area (Å²) < 4.78 is 0. The van der Waals surface area contributed by atoms with Crippen molar-refractivity contribution in [2.75, 3.05) is 0 Å². The van der Waals surface area contributed by atoms with Crippen LogP contribution < -0.4 is 20.7 Å². The van der Waals surface area contributed by atoms with E-state index in [1.54, 1.807) is 10.4 Å². The quantitative estimate of drug-likeness (QED) is 0.636. The third-order valence-electron chi connectivity index (χ3n) is 5.26. The second-order valence-electron chi connectivity index (χ2n) is 7.53. The van der Waals surface area contributed by atoms with Crippen molar-refractivity contribution in [1.82, 2.24) is 0 Å². The molecule has 0 aliphatic carbocycles. The van der Waals surface area contributed by atoms with E-state index in [0.29, 0.717) is 0 Å². The molecule has 0 saturated carbocycles. The van der Waals surface area contributed by atoms with Gasteiger partial charge in [-0.3, -0.25) is 0 Å². The summed E-state index contributed by atoms with van der Waals surface area (Å²) in [5, 5.41) is 6.21. The topological polar surface area (TPSA) is 0 Å². The number of hydrogen-bond donors (Lipinski definition) is 0. The molecule has 3 aromatic carbocycles. The predicted octanol–water partition coefficient (Wildman–Crippen LogP) is 3.33. The lowest BCUT2D eigenvalue weighted by Gasteiger charge is -2.33. The minimum Gasteiger partial charge on any atom is -0.0627 e. The second-order valence-corrected chi connectivity index (χ2v) is 16.3. The third-order valence-corrected chi connectivity index (χ3v) is 12.6. The molecular formula is C22H26Si2. The first-order valence-corrected chi connectivity index (χ1v) is 14.6. The lowest BCUT2D eigenvalue weighted by atomic mass is 10.3. The molecule has 2 heteroatoms. The Hall–Kier alpha value is -1.91. The summed E-state index contributed by atoms with van der Waals surface area (Å²) in [5.41, 5.74) is 0. The van der Waals surface area contributed by atoms with Gasteiger partial charge in [-0.2, -0.15) is 0 Å². The van der Waals surface area contributed by atoms with Crippen molar-refractivity contribution in [2.24, 2.45) is 0 Å². The van der Waals surface area contributed by atoms with Crippen LogP contribution >= 0.6 is 0 Å². The average Bonchev–Trinajstić information content (AvgIpc) is 2.63. The lowest BCUT2D eigenvalue weighted by molar-refractivity contribution is 1.66. The van der Waals surface area contributed by atoms with Crippen LogP contribution in [0.1, 0.15) is 0 Å². The summed E-state index contributed by atoms with van der Waals surface area (Å²) in [6.07, 6.45) is 0. The molecule has 0 aliphatic rings. The summed E-state index contributed by atoms with van der Waals surface area (Å²) in [6, 6.07) is 31.3. The van der Waals surface area contributed by atoms with Crippen molar-refractivity contribution < 1.29 is 0 Å². The molecule has 0 atom stereocenters. The highest BCUT2D eigenvalue weighted by Crippen LogP contribution is 2.09. The molecule has 0 amide bonds. The minimum absolute atomic E-state index is 1.51. The zero-order valence-corrected chi connectivity index (χ0v) is 17.1. The lowest BCUT2D eigenvalue weighted by Crippen LogP contribution is -2.66. The Labute approximate surface area is 148 Å². The van der Waals surface area contributed by atoms with Crippen molar-refractivity contribution in [1.29, 1.82) is 0 Å². The van der Waals surface area contributed by atoms with E-state index in [0.717, 1.165) is 0 Å². The van der Waals surface area contributed by atoms with E-state index in [1.165, 1.54) is 10.4 Å². The van der Waals surface area contributed by atoms with Gasteiger partial charge in [0.2, 0.25) is 0 Å². The van der Waals surface area contributed by atoms with Gasteiger partial charge in [-0.1, -0.05) is 132 Å². The van der Waals surface area contributed by atoms with Crippen molar-refractivity contribution in [3.8, 4) is 0 Å². The van der Waals surface area contributed by atoms with Gasteiger partial charge in [0.05, 0.1) is 0 Å². The molecule has 3 aromatic rings. The Balaban J connectivity index is 2.16. The first-order chi connectivity index (χ1) is 11.4. The highest BCUT2D eigenvalue weighted by atomic mass is 28.3. The Kier molecular flexibility index (Phi) is 4.61. The molecule has 0 nitrogen and oxygen atoms in total. The maximum atomic E-state index is 2.48. The molecule has 3 rings (SSSR count). The highest BCUT2D eigenvalue weighted by molar-refractivity contribution is 7.09. The van der Waals surface area contributed by atoms with Crippen molar-refractivity contribution in [3.05, 3.63) is 84.9 Å². The van der Waals surface area contributed by atoms with Crippen LogP contribution in [0.25, 0.3) is 0 Å². The largest absolute Gasteiger partial charge is 0.112 e. The first-order valence-electron chi connectivity index (χ1n) is 8.65. The van der Waals surface area contributed by atoms with Crippen LogP contribution in [0, 0.1) is 0 Å². The van der Waals surface area contributed by atoms with Gasteiger partial charge in [-0.25, -0.2) is 0 Å². The third kappa shape index (κ3) is 3.04. The molecule has 0 bridgehead atoms. The van der Waals surface area contributed by atoms with Gasteiger partial charge in [0, 0.05) is 0 Å². The van der Waals surface area contributed by atoms with E-state index in [9.17, 15) is 0 Å². The van der Waals surface area contributed by atoms with Crippen LogP contribution in [-0.2, 0) is 0 Å². The van der Waals surface area contributed by atoms with Gasteiger partial charge in [-0.15, -0.1) is 0 Å². The molecule has 0 aromatic heterocycles. The highest BCUT2D eigenvalue weighted by Gasteiger charge is 2.35. The van der Waals surface area contributed by atoms with Crippen LogP contribution in [0.15, 0.2) is 84.9 Å². The maximum absolute atomic E-state index is 2.48. The zero-order chi connectivity index (χ0) is 17.2. The predicted molar refractivity (Wildman–Crippen MR) is 113 cm³/mol. The average molecular weight is 347 g/mol. The van der Waals surface area contributed by atoms with E-state index < -0.39 is 16.1 Å². The molecule has 0 radical (unpaired) electrons. The van der Waals surface area contributed by atoms with Crippen LogP contribution in [0.5, 0.6) is 0 Å². The fourth-order valence-corrected chi connectivity index (χ4v) is 10.7. The van der Waals surface area contributed by atoms with Gasteiger partial charge in [-0.05, 0) is 0 Å². The molecule has 0 N–H and O–H groups in total. The molecule has 0 saturated heterocycles. The number of benzene rings is 3. The van der Waals surface area contributed by atoms with E-state index in [-0.39, 0.29) is 0 Å². The van der Waals surface area contributed by atoms with Gasteiger partial charge in [0.15, 0.2) is 0 Å². The first kappa shape index (κ1) is 16.9. The summed E-state index contributed by atoms with van der Waals surface area (Å²) in [4.78, 5) is 0.